The van der Waals surface area contributed by atoms with Crippen LogP contribution in [0.2, 0.25) is 0 Å². The van der Waals surface area contributed by atoms with E-state index < -0.39 is 11.1 Å². The molecule has 0 bridgehead atoms. The van der Waals surface area contributed by atoms with Crippen LogP contribution in [0.3, 0.4) is 0 Å². The van der Waals surface area contributed by atoms with Gasteiger partial charge in [-0.05, 0) is 6.42 Å². The molecule has 16 heavy (non-hydrogen) atoms. The molecule has 4 heteroatoms. The first-order chi connectivity index (χ1) is 7.56. The topological polar surface area (TPSA) is 44.6 Å². The largest absolute Gasteiger partial charge is 0.772 e. The van der Waals surface area contributed by atoms with Crippen molar-refractivity contribution in [3.05, 3.63) is 35.9 Å². The minimum absolute atomic E-state index is 0.292. The summed E-state index contributed by atoms with van der Waals surface area (Å²) >= 11 is -1.82. The smallest absolute Gasteiger partial charge is 0.102 e. The zero-order chi connectivity index (χ0) is 12.4. The molecule has 1 N–H and O–H groups in total. The minimum Gasteiger partial charge on any atom is -0.772 e. The fraction of sp³-hybridized carbons (Fsp3) is 0.500. The predicted molar refractivity (Wildman–Crippen MR) is 67.0 cm³/mol. The number of rotatable bonds is 4. The lowest BCUT2D eigenvalue weighted by atomic mass is 10.2. The summed E-state index contributed by atoms with van der Waals surface area (Å²) in [6.45, 7) is 2.94. The SMILES string of the molecule is CCCS(=O)[O-].C[NH+](C)Cc1ccccc1. The van der Waals surface area contributed by atoms with Crippen LogP contribution in [0.5, 0.6) is 0 Å². The second kappa shape index (κ2) is 9.51. The molecule has 1 atom stereocenters. The second-order valence-electron chi connectivity index (χ2n) is 3.88. The Hall–Kier alpha value is -0.710. The Morgan fingerprint density at radius 1 is 1.25 bits per heavy atom. The Balaban J connectivity index is 0.000000325. The van der Waals surface area contributed by atoms with Gasteiger partial charge in [-0.1, -0.05) is 48.3 Å². The molecule has 0 radical (unpaired) electrons. The molecule has 3 nitrogen and oxygen atoms in total. The lowest BCUT2D eigenvalue weighted by molar-refractivity contribution is -0.872. The highest BCUT2D eigenvalue weighted by molar-refractivity contribution is 7.79. The number of nitrogens with one attached hydrogen (secondary N) is 1. The molecule has 0 fully saturated rings. The van der Waals surface area contributed by atoms with Crippen LogP contribution in [0.1, 0.15) is 18.9 Å². The zero-order valence-electron chi connectivity index (χ0n) is 10.2. The van der Waals surface area contributed by atoms with Crippen LogP contribution in [0.25, 0.3) is 0 Å². The van der Waals surface area contributed by atoms with Crippen LogP contribution in [0, 0.1) is 0 Å². The summed E-state index contributed by atoms with van der Waals surface area (Å²) in [5.74, 6) is 0.292. The van der Waals surface area contributed by atoms with Gasteiger partial charge >= 0.3 is 0 Å². The number of quaternary nitrogens is 1. The van der Waals surface area contributed by atoms with Gasteiger partial charge in [0, 0.05) is 11.3 Å². The molecule has 0 amide bonds. The lowest BCUT2D eigenvalue weighted by Crippen LogP contribution is -3.04. The van der Waals surface area contributed by atoms with Crippen LogP contribution in [0.15, 0.2) is 30.3 Å². The van der Waals surface area contributed by atoms with Crippen molar-refractivity contribution in [1.29, 1.82) is 0 Å². The number of hydrogen-bond acceptors (Lipinski definition) is 2. The van der Waals surface area contributed by atoms with Gasteiger partial charge in [0.15, 0.2) is 0 Å². The lowest BCUT2D eigenvalue weighted by Gasteiger charge is -2.05. The Labute approximate surface area is 101 Å². The van der Waals surface area contributed by atoms with Gasteiger partial charge in [0.1, 0.15) is 6.54 Å². The van der Waals surface area contributed by atoms with Crippen LogP contribution >= 0.6 is 0 Å². The summed E-state index contributed by atoms with van der Waals surface area (Å²) in [4.78, 5) is 1.46. The van der Waals surface area contributed by atoms with E-state index in [0.717, 1.165) is 13.0 Å². The summed E-state index contributed by atoms with van der Waals surface area (Å²) in [7, 11) is 4.32. The van der Waals surface area contributed by atoms with Crippen molar-refractivity contribution < 1.29 is 13.7 Å². The highest BCUT2D eigenvalue weighted by atomic mass is 32.2. The fourth-order valence-electron chi connectivity index (χ4n) is 1.17. The summed E-state index contributed by atoms with van der Waals surface area (Å²) in [6, 6.07) is 10.5. The van der Waals surface area contributed by atoms with E-state index in [1.807, 2.05) is 6.92 Å². The van der Waals surface area contributed by atoms with Gasteiger partial charge in [0.2, 0.25) is 0 Å². The standard InChI is InChI=1S/C9H13N.C3H8O2S/c1-10(2)8-9-6-4-3-5-7-9;1-2-3-6(4)5/h3-7H,8H2,1-2H3;2-3H2,1H3,(H,4,5). The van der Waals surface area contributed by atoms with E-state index >= 15 is 0 Å². The molecule has 1 aromatic rings. The Morgan fingerprint density at radius 3 is 2.12 bits per heavy atom. The Bertz CT molecular complexity index is 288. The van der Waals surface area contributed by atoms with Crippen LogP contribution in [-0.2, 0) is 17.6 Å². The maximum Gasteiger partial charge on any atom is 0.102 e. The van der Waals surface area contributed by atoms with Crippen molar-refractivity contribution in [2.24, 2.45) is 0 Å². The molecular formula is C12H21NO2S. The normalized spacial score (nSPS) is 11.8. The molecule has 1 rings (SSSR count). The first-order valence-corrected chi connectivity index (χ1v) is 6.69. The zero-order valence-corrected chi connectivity index (χ0v) is 11.0. The first-order valence-electron chi connectivity index (χ1n) is 5.45. The highest BCUT2D eigenvalue weighted by Gasteiger charge is 1.93. The monoisotopic (exact) mass is 243 g/mol. The van der Waals surface area contributed by atoms with E-state index in [9.17, 15) is 8.76 Å². The Kier molecular flexibility index (Phi) is 9.09. The van der Waals surface area contributed by atoms with Crippen LogP contribution in [-0.4, -0.2) is 28.6 Å². The van der Waals surface area contributed by atoms with Crippen molar-refractivity contribution >= 4 is 11.1 Å². The van der Waals surface area contributed by atoms with E-state index in [4.69, 9.17) is 0 Å². The first kappa shape index (κ1) is 15.3. The van der Waals surface area contributed by atoms with E-state index in [0.29, 0.717) is 5.75 Å². The third-order valence-corrected chi connectivity index (χ3v) is 2.51. The van der Waals surface area contributed by atoms with Gasteiger partial charge in [-0.25, -0.2) is 0 Å². The Morgan fingerprint density at radius 2 is 1.81 bits per heavy atom. The number of hydrogen-bond donors (Lipinski definition) is 1. The molecule has 0 heterocycles. The molecule has 0 aliphatic heterocycles. The van der Waals surface area contributed by atoms with Crippen molar-refractivity contribution in [3.8, 4) is 0 Å². The second-order valence-corrected chi connectivity index (χ2v) is 4.89. The van der Waals surface area contributed by atoms with Gasteiger partial charge < -0.3 is 9.45 Å². The molecular weight excluding hydrogens is 222 g/mol. The van der Waals surface area contributed by atoms with Crippen molar-refractivity contribution in [1.82, 2.24) is 0 Å². The third kappa shape index (κ3) is 9.83. The van der Waals surface area contributed by atoms with Crippen molar-refractivity contribution in [2.45, 2.75) is 19.9 Å². The summed E-state index contributed by atoms with van der Waals surface area (Å²) < 4.78 is 19.2. The molecule has 92 valence electrons. The van der Waals surface area contributed by atoms with Crippen molar-refractivity contribution in [3.63, 3.8) is 0 Å². The van der Waals surface area contributed by atoms with Gasteiger partial charge in [-0.2, -0.15) is 0 Å². The summed E-state index contributed by atoms with van der Waals surface area (Å²) in [5.41, 5.74) is 1.41. The average molecular weight is 243 g/mol. The maximum absolute atomic E-state index is 9.60. The van der Waals surface area contributed by atoms with Gasteiger partial charge in [0.25, 0.3) is 0 Å². The summed E-state index contributed by atoms with van der Waals surface area (Å²) in [5, 5.41) is 0. The van der Waals surface area contributed by atoms with Gasteiger partial charge in [0.05, 0.1) is 14.1 Å². The van der Waals surface area contributed by atoms with Crippen LogP contribution < -0.4 is 4.90 Å². The third-order valence-electron chi connectivity index (χ3n) is 1.77. The van der Waals surface area contributed by atoms with E-state index in [2.05, 4.69) is 44.4 Å². The highest BCUT2D eigenvalue weighted by Crippen LogP contribution is 1.94. The van der Waals surface area contributed by atoms with E-state index in [-0.39, 0.29) is 0 Å². The van der Waals surface area contributed by atoms with E-state index in [1.54, 1.807) is 0 Å². The van der Waals surface area contributed by atoms with Crippen LogP contribution in [0.4, 0.5) is 0 Å². The molecule has 0 aliphatic carbocycles. The molecule has 0 spiro atoms. The molecule has 0 aromatic heterocycles. The molecule has 1 unspecified atom stereocenters. The quantitative estimate of drug-likeness (QED) is 0.787. The predicted octanol–water partition coefficient (Wildman–Crippen LogP) is 0.607. The van der Waals surface area contributed by atoms with Gasteiger partial charge in [-0.3, -0.25) is 4.21 Å². The molecule has 0 saturated heterocycles. The average Bonchev–Trinajstić information content (AvgIpc) is 2.18. The minimum atomic E-state index is -1.82. The molecule has 0 saturated carbocycles. The molecule has 1 aromatic carbocycles. The maximum atomic E-state index is 9.60. The van der Waals surface area contributed by atoms with Gasteiger partial charge in [-0.15, -0.1) is 0 Å². The van der Waals surface area contributed by atoms with E-state index in [1.165, 1.54) is 10.5 Å². The fourth-order valence-corrected chi connectivity index (χ4v) is 1.50. The van der Waals surface area contributed by atoms with Crippen molar-refractivity contribution in [2.75, 3.05) is 19.8 Å². The molecule has 0 aliphatic rings. The number of benzene rings is 1. The summed E-state index contributed by atoms with van der Waals surface area (Å²) in [6.07, 6.45) is 0.718.